The van der Waals surface area contributed by atoms with E-state index in [1.165, 1.54) is 11.5 Å². The molecule has 68 valence electrons. The number of aromatic nitrogens is 1. The summed E-state index contributed by atoms with van der Waals surface area (Å²) in [5.74, 6) is 0. The minimum atomic E-state index is -1.05. The van der Waals surface area contributed by atoms with E-state index in [0.717, 1.165) is 0 Å². The highest BCUT2D eigenvalue weighted by atomic mass is 32.1. The van der Waals surface area contributed by atoms with E-state index < -0.39 is 11.7 Å². The summed E-state index contributed by atoms with van der Waals surface area (Å²) in [5, 5.41) is 19.4. The van der Waals surface area contributed by atoms with Crippen LogP contribution in [-0.2, 0) is 0 Å². The molecule has 0 aliphatic rings. The van der Waals surface area contributed by atoms with E-state index in [0.29, 0.717) is 11.3 Å². The topological polar surface area (TPSA) is 53.4 Å². The molecular formula is C8H13NO2S. The summed E-state index contributed by atoms with van der Waals surface area (Å²) in [6.07, 6.45) is 1.32. The van der Waals surface area contributed by atoms with Gasteiger partial charge >= 0.3 is 0 Å². The summed E-state index contributed by atoms with van der Waals surface area (Å²) in [6.45, 7) is 3.46. The molecule has 0 aliphatic heterocycles. The molecule has 4 heteroatoms. The lowest BCUT2D eigenvalue weighted by molar-refractivity contribution is -0.0641. The first kappa shape index (κ1) is 9.64. The van der Waals surface area contributed by atoms with E-state index in [9.17, 15) is 10.2 Å². The summed E-state index contributed by atoms with van der Waals surface area (Å²) < 4.78 is 3.86. The second kappa shape index (κ2) is 3.51. The largest absolute Gasteiger partial charge is 0.387 e. The Morgan fingerprint density at radius 2 is 2.42 bits per heavy atom. The normalized spacial score (nSPS) is 18.7. The lowest BCUT2D eigenvalue weighted by Crippen LogP contribution is -2.31. The van der Waals surface area contributed by atoms with Crippen LogP contribution in [0.2, 0.25) is 0 Å². The first-order valence-electron chi connectivity index (χ1n) is 3.89. The molecule has 1 heterocycles. The third-order valence-electron chi connectivity index (χ3n) is 2.03. The van der Waals surface area contributed by atoms with Crippen LogP contribution in [0.25, 0.3) is 0 Å². The number of aliphatic hydroxyl groups excluding tert-OH is 1. The molecule has 0 aliphatic carbocycles. The molecule has 0 spiro atoms. The number of rotatable bonds is 3. The highest BCUT2D eigenvalue weighted by Crippen LogP contribution is 2.29. The average Bonchev–Trinajstić information content (AvgIpc) is 2.55. The predicted octanol–water partition coefficient (Wildman–Crippen LogP) is 1.34. The standard InChI is InChI=1S/C8H13NO2S/c1-3-8(2,11)7(10)6-4-5-9-12-6/h4-5,7,10-11H,3H2,1-2H3. The van der Waals surface area contributed by atoms with Crippen LogP contribution in [0.4, 0.5) is 0 Å². The second-order valence-electron chi connectivity index (χ2n) is 3.03. The molecule has 2 unspecified atom stereocenters. The van der Waals surface area contributed by atoms with Gasteiger partial charge in [0.25, 0.3) is 0 Å². The van der Waals surface area contributed by atoms with Gasteiger partial charge in [-0.3, -0.25) is 0 Å². The molecule has 0 aromatic carbocycles. The highest BCUT2D eigenvalue weighted by Gasteiger charge is 2.30. The van der Waals surface area contributed by atoms with Gasteiger partial charge in [-0.2, -0.15) is 0 Å². The van der Waals surface area contributed by atoms with Gasteiger partial charge in [0, 0.05) is 6.20 Å². The first-order chi connectivity index (χ1) is 5.58. The Kier molecular flexibility index (Phi) is 2.82. The maximum atomic E-state index is 9.69. The summed E-state index contributed by atoms with van der Waals surface area (Å²) in [4.78, 5) is 0.710. The SMILES string of the molecule is CCC(C)(O)C(O)c1ccns1. The van der Waals surface area contributed by atoms with Crippen LogP contribution >= 0.6 is 11.5 Å². The fourth-order valence-corrected chi connectivity index (χ4v) is 1.59. The molecular weight excluding hydrogens is 174 g/mol. The summed E-state index contributed by atoms with van der Waals surface area (Å²) in [7, 11) is 0. The molecule has 2 N–H and O–H groups in total. The van der Waals surface area contributed by atoms with Gasteiger partial charge in [-0.1, -0.05) is 6.92 Å². The second-order valence-corrected chi connectivity index (χ2v) is 3.89. The van der Waals surface area contributed by atoms with Crippen molar-refractivity contribution in [1.82, 2.24) is 4.37 Å². The first-order valence-corrected chi connectivity index (χ1v) is 4.66. The van der Waals surface area contributed by atoms with Crippen molar-refractivity contribution in [2.24, 2.45) is 0 Å². The van der Waals surface area contributed by atoms with Crippen molar-refractivity contribution in [2.75, 3.05) is 0 Å². The Labute approximate surface area is 75.8 Å². The van der Waals surface area contributed by atoms with E-state index >= 15 is 0 Å². The molecule has 0 bridgehead atoms. The molecule has 0 saturated carbocycles. The molecule has 1 aromatic rings. The molecule has 2 atom stereocenters. The van der Waals surface area contributed by atoms with Crippen molar-refractivity contribution in [3.05, 3.63) is 17.1 Å². The van der Waals surface area contributed by atoms with Gasteiger partial charge in [-0.25, -0.2) is 4.37 Å². The maximum Gasteiger partial charge on any atom is 0.118 e. The summed E-state index contributed by atoms with van der Waals surface area (Å²) in [5.41, 5.74) is -1.05. The Hall–Kier alpha value is -0.450. The van der Waals surface area contributed by atoms with Crippen molar-refractivity contribution >= 4 is 11.5 Å². The van der Waals surface area contributed by atoms with E-state index in [4.69, 9.17) is 0 Å². The third kappa shape index (κ3) is 1.83. The van der Waals surface area contributed by atoms with Crippen molar-refractivity contribution in [3.63, 3.8) is 0 Å². The van der Waals surface area contributed by atoms with Crippen LogP contribution < -0.4 is 0 Å². The predicted molar refractivity (Wildman–Crippen MR) is 48.0 cm³/mol. The Balaban J connectivity index is 2.78. The van der Waals surface area contributed by atoms with Crippen molar-refractivity contribution in [1.29, 1.82) is 0 Å². The monoisotopic (exact) mass is 187 g/mol. The van der Waals surface area contributed by atoms with Crippen LogP contribution in [0.5, 0.6) is 0 Å². The van der Waals surface area contributed by atoms with Gasteiger partial charge in [0.05, 0.1) is 10.5 Å². The van der Waals surface area contributed by atoms with Gasteiger partial charge in [0.15, 0.2) is 0 Å². The van der Waals surface area contributed by atoms with Gasteiger partial charge < -0.3 is 10.2 Å². The number of hydrogen-bond acceptors (Lipinski definition) is 4. The quantitative estimate of drug-likeness (QED) is 0.750. The smallest absolute Gasteiger partial charge is 0.118 e. The zero-order valence-electron chi connectivity index (χ0n) is 7.19. The lowest BCUT2D eigenvalue weighted by atomic mass is 9.95. The number of nitrogens with zero attached hydrogens (tertiary/aromatic N) is 1. The van der Waals surface area contributed by atoms with Crippen molar-refractivity contribution < 1.29 is 10.2 Å². The molecule has 1 aromatic heterocycles. The highest BCUT2D eigenvalue weighted by molar-refractivity contribution is 7.05. The summed E-state index contributed by atoms with van der Waals surface area (Å²) >= 11 is 1.21. The fraction of sp³-hybridized carbons (Fsp3) is 0.625. The third-order valence-corrected chi connectivity index (χ3v) is 2.83. The van der Waals surface area contributed by atoms with Gasteiger partial charge in [0.1, 0.15) is 6.10 Å². The Bertz CT molecular complexity index is 233. The van der Waals surface area contributed by atoms with Crippen molar-refractivity contribution in [3.8, 4) is 0 Å². The van der Waals surface area contributed by atoms with E-state index in [-0.39, 0.29) is 0 Å². The molecule has 1 rings (SSSR count). The zero-order valence-corrected chi connectivity index (χ0v) is 8.01. The Morgan fingerprint density at radius 3 is 2.83 bits per heavy atom. The van der Waals surface area contributed by atoms with Crippen LogP contribution in [0, 0.1) is 0 Å². The molecule has 3 nitrogen and oxygen atoms in total. The Morgan fingerprint density at radius 1 is 1.75 bits per heavy atom. The lowest BCUT2D eigenvalue weighted by Gasteiger charge is -2.26. The van der Waals surface area contributed by atoms with Gasteiger partial charge in [-0.15, -0.1) is 0 Å². The summed E-state index contributed by atoms with van der Waals surface area (Å²) in [6, 6.07) is 1.72. The zero-order chi connectivity index (χ0) is 9.19. The van der Waals surface area contributed by atoms with E-state index in [2.05, 4.69) is 4.37 Å². The average molecular weight is 187 g/mol. The minimum Gasteiger partial charge on any atom is -0.387 e. The fourth-order valence-electron chi connectivity index (χ4n) is 0.866. The van der Waals surface area contributed by atoms with Crippen LogP contribution in [-0.4, -0.2) is 20.2 Å². The van der Waals surface area contributed by atoms with Gasteiger partial charge in [0.2, 0.25) is 0 Å². The van der Waals surface area contributed by atoms with Crippen LogP contribution in [0.3, 0.4) is 0 Å². The molecule has 0 saturated heterocycles. The van der Waals surface area contributed by atoms with Crippen LogP contribution in [0.15, 0.2) is 12.3 Å². The molecule has 12 heavy (non-hydrogen) atoms. The van der Waals surface area contributed by atoms with E-state index in [1.807, 2.05) is 6.92 Å². The minimum absolute atomic E-state index is 0.520. The molecule has 0 radical (unpaired) electrons. The number of aliphatic hydroxyl groups is 2. The van der Waals surface area contributed by atoms with Crippen LogP contribution in [0.1, 0.15) is 31.2 Å². The van der Waals surface area contributed by atoms with Crippen molar-refractivity contribution in [2.45, 2.75) is 32.0 Å². The van der Waals surface area contributed by atoms with E-state index in [1.54, 1.807) is 19.2 Å². The molecule has 0 amide bonds. The van der Waals surface area contributed by atoms with Gasteiger partial charge in [-0.05, 0) is 30.9 Å². The maximum absolute atomic E-state index is 9.69. The number of hydrogen-bond donors (Lipinski definition) is 2. The molecule has 0 fully saturated rings.